The molecule has 1 unspecified atom stereocenters. The molecule has 1 atom stereocenters. The van der Waals surface area contributed by atoms with Gasteiger partial charge < -0.3 is 4.90 Å². The van der Waals surface area contributed by atoms with E-state index in [4.69, 9.17) is 0 Å². The van der Waals surface area contributed by atoms with Crippen LogP contribution in [-0.2, 0) is 4.79 Å². The van der Waals surface area contributed by atoms with Gasteiger partial charge in [-0.05, 0) is 6.42 Å². The number of halogens is 2. The maximum Gasteiger partial charge on any atom is 0.260 e. The minimum atomic E-state index is -2.69. The van der Waals surface area contributed by atoms with Gasteiger partial charge in [-0.15, -0.1) is 0 Å². The Morgan fingerprint density at radius 3 is 2.27 bits per heavy atom. The molecular formula is C7H9F2NO. The average molecular weight is 161 g/mol. The summed E-state index contributed by atoms with van der Waals surface area (Å²) in [5.74, 6) is -4.02. The normalized spacial score (nSPS) is 32.9. The highest BCUT2D eigenvalue weighted by molar-refractivity contribution is 5.83. The molecule has 1 aliphatic carbocycles. The van der Waals surface area contributed by atoms with Gasteiger partial charge in [0.25, 0.3) is 5.92 Å². The lowest BCUT2D eigenvalue weighted by molar-refractivity contribution is -0.138. The van der Waals surface area contributed by atoms with Gasteiger partial charge in [-0.3, -0.25) is 4.79 Å². The molecule has 0 aromatic rings. The van der Waals surface area contributed by atoms with E-state index in [9.17, 15) is 13.6 Å². The lowest BCUT2D eigenvalue weighted by Crippen LogP contribution is -2.43. The van der Waals surface area contributed by atoms with E-state index in [0.29, 0.717) is 13.1 Å². The summed E-state index contributed by atoms with van der Waals surface area (Å²) >= 11 is 0. The van der Waals surface area contributed by atoms with Crippen LogP contribution in [0.4, 0.5) is 8.78 Å². The SMILES string of the molecule is O=C(C1CC1(F)F)N1CCC1. The highest BCUT2D eigenvalue weighted by Gasteiger charge is 2.62. The van der Waals surface area contributed by atoms with Crippen molar-refractivity contribution in [2.75, 3.05) is 13.1 Å². The highest BCUT2D eigenvalue weighted by Crippen LogP contribution is 2.49. The molecule has 11 heavy (non-hydrogen) atoms. The molecule has 0 radical (unpaired) electrons. The second-order valence-electron chi connectivity index (χ2n) is 3.20. The van der Waals surface area contributed by atoms with Crippen molar-refractivity contribution in [3.05, 3.63) is 0 Å². The summed E-state index contributed by atoms with van der Waals surface area (Å²) in [4.78, 5) is 12.6. The van der Waals surface area contributed by atoms with Crippen molar-refractivity contribution in [3.8, 4) is 0 Å². The van der Waals surface area contributed by atoms with Gasteiger partial charge in [0.1, 0.15) is 5.92 Å². The quantitative estimate of drug-likeness (QED) is 0.559. The van der Waals surface area contributed by atoms with Crippen LogP contribution in [0.15, 0.2) is 0 Å². The van der Waals surface area contributed by atoms with Crippen molar-refractivity contribution in [1.82, 2.24) is 4.90 Å². The summed E-state index contributed by atoms with van der Waals surface area (Å²) in [5.41, 5.74) is 0. The Hall–Kier alpha value is -0.670. The van der Waals surface area contributed by atoms with Crippen molar-refractivity contribution in [2.45, 2.75) is 18.8 Å². The summed E-state index contributed by atoms with van der Waals surface area (Å²) in [6, 6.07) is 0. The van der Waals surface area contributed by atoms with E-state index >= 15 is 0 Å². The Bertz CT molecular complexity index is 201. The molecule has 1 aliphatic heterocycles. The largest absolute Gasteiger partial charge is 0.342 e. The van der Waals surface area contributed by atoms with Crippen LogP contribution >= 0.6 is 0 Å². The molecule has 2 fully saturated rings. The first kappa shape index (κ1) is 7.00. The molecule has 0 aromatic carbocycles. The molecule has 1 saturated carbocycles. The van der Waals surface area contributed by atoms with E-state index in [1.54, 1.807) is 0 Å². The summed E-state index contributed by atoms with van der Waals surface area (Å²) in [6.45, 7) is 1.34. The fourth-order valence-corrected chi connectivity index (χ4v) is 1.24. The van der Waals surface area contributed by atoms with E-state index in [1.807, 2.05) is 0 Å². The highest BCUT2D eigenvalue weighted by atomic mass is 19.3. The summed E-state index contributed by atoms with van der Waals surface area (Å²) in [5, 5.41) is 0. The van der Waals surface area contributed by atoms with Crippen molar-refractivity contribution < 1.29 is 13.6 Å². The Morgan fingerprint density at radius 1 is 1.45 bits per heavy atom. The third kappa shape index (κ3) is 1.01. The molecule has 0 aromatic heterocycles. The summed E-state index contributed by atoms with van der Waals surface area (Å²) in [7, 11) is 0. The van der Waals surface area contributed by atoms with Gasteiger partial charge in [-0.2, -0.15) is 0 Å². The zero-order valence-corrected chi connectivity index (χ0v) is 6.02. The van der Waals surface area contributed by atoms with Gasteiger partial charge in [0.15, 0.2) is 0 Å². The van der Waals surface area contributed by atoms with Gasteiger partial charge in [0.2, 0.25) is 5.91 Å². The van der Waals surface area contributed by atoms with Gasteiger partial charge in [-0.25, -0.2) is 8.78 Å². The molecule has 0 bridgehead atoms. The van der Waals surface area contributed by atoms with Crippen molar-refractivity contribution in [3.63, 3.8) is 0 Å². The lowest BCUT2D eigenvalue weighted by atomic mass is 10.2. The fraction of sp³-hybridized carbons (Fsp3) is 0.857. The number of carbonyl (C=O) groups is 1. The number of hydrogen-bond acceptors (Lipinski definition) is 1. The lowest BCUT2D eigenvalue weighted by Gasteiger charge is -2.30. The number of carbonyl (C=O) groups excluding carboxylic acids is 1. The van der Waals surface area contributed by atoms with E-state index in [1.165, 1.54) is 4.90 Å². The molecular weight excluding hydrogens is 152 g/mol. The minimum absolute atomic E-state index is 0.234. The Labute approximate surface area is 63.2 Å². The number of alkyl halides is 2. The zero-order valence-electron chi connectivity index (χ0n) is 6.02. The molecule has 62 valence electrons. The van der Waals surface area contributed by atoms with Crippen LogP contribution in [0.2, 0.25) is 0 Å². The molecule has 1 heterocycles. The number of amides is 1. The summed E-state index contributed by atoms with van der Waals surface area (Å²) < 4.78 is 24.6. The van der Waals surface area contributed by atoms with Crippen LogP contribution in [0.5, 0.6) is 0 Å². The van der Waals surface area contributed by atoms with Crippen molar-refractivity contribution in [2.24, 2.45) is 5.92 Å². The Balaban J connectivity index is 1.92. The van der Waals surface area contributed by atoms with Crippen LogP contribution in [0.3, 0.4) is 0 Å². The number of hydrogen-bond donors (Lipinski definition) is 0. The Kier molecular flexibility index (Phi) is 1.23. The van der Waals surface area contributed by atoms with E-state index < -0.39 is 11.8 Å². The average Bonchev–Trinajstić information content (AvgIpc) is 2.35. The van der Waals surface area contributed by atoms with E-state index in [-0.39, 0.29) is 12.3 Å². The Morgan fingerprint density at radius 2 is 2.00 bits per heavy atom. The zero-order chi connectivity index (χ0) is 8.06. The fourth-order valence-electron chi connectivity index (χ4n) is 1.24. The molecule has 1 amide bonds. The van der Waals surface area contributed by atoms with E-state index in [0.717, 1.165) is 6.42 Å². The van der Waals surface area contributed by atoms with Gasteiger partial charge in [0.05, 0.1) is 0 Å². The predicted octanol–water partition coefficient (Wildman–Crippen LogP) is 0.874. The van der Waals surface area contributed by atoms with Crippen LogP contribution < -0.4 is 0 Å². The third-order valence-electron chi connectivity index (χ3n) is 2.29. The first-order valence-corrected chi connectivity index (χ1v) is 3.78. The standard InChI is InChI=1S/C7H9F2NO/c8-7(9)4-5(7)6(11)10-2-1-3-10/h5H,1-4H2. The summed E-state index contributed by atoms with van der Waals surface area (Å²) in [6.07, 6.45) is 0.729. The van der Waals surface area contributed by atoms with Gasteiger partial charge in [0, 0.05) is 19.5 Å². The molecule has 1 saturated heterocycles. The number of nitrogens with zero attached hydrogens (tertiary/aromatic N) is 1. The first-order chi connectivity index (χ1) is 5.11. The minimum Gasteiger partial charge on any atom is -0.342 e. The molecule has 0 N–H and O–H groups in total. The second-order valence-corrected chi connectivity index (χ2v) is 3.20. The van der Waals surface area contributed by atoms with Crippen molar-refractivity contribution in [1.29, 1.82) is 0 Å². The maximum atomic E-state index is 12.3. The molecule has 4 heteroatoms. The first-order valence-electron chi connectivity index (χ1n) is 3.78. The number of likely N-dealkylation sites (tertiary alicyclic amines) is 1. The van der Waals surface area contributed by atoms with Crippen LogP contribution in [-0.4, -0.2) is 29.8 Å². The smallest absolute Gasteiger partial charge is 0.260 e. The number of rotatable bonds is 1. The maximum absolute atomic E-state index is 12.3. The van der Waals surface area contributed by atoms with Crippen LogP contribution in [0.25, 0.3) is 0 Å². The van der Waals surface area contributed by atoms with Crippen molar-refractivity contribution >= 4 is 5.91 Å². The monoisotopic (exact) mass is 161 g/mol. The van der Waals surface area contributed by atoms with Crippen LogP contribution in [0, 0.1) is 5.92 Å². The predicted molar refractivity (Wildman–Crippen MR) is 34.3 cm³/mol. The van der Waals surface area contributed by atoms with E-state index in [2.05, 4.69) is 0 Å². The molecule has 2 aliphatic rings. The second kappa shape index (κ2) is 1.93. The van der Waals surface area contributed by atoms with Crippen LogP contribution in [0.1, 0.15) is 12.8 Å². The third-order valence-corrected chi connectivity index (χ3v) is 2.29. The van der Waals surface area contributed by atoms with Gasteiger partial charge in [-0.1, -0.05) is 0 Å². The molecule has 2 rings (SSSR count). The molecule has 0 spiro atoms. The topological polar surface area (TPSA) is 20.3 Å². The molecule has 2 nitrogen and oxygen atoms in total. The van der Waals surface area contributed by atoms with Gasteiger partial charge >= 0.3 is 0 Å².